The molecule has 2 aromatic carbocycles. The van der Waals surface area contributed by atoms with Gasteiger partial charge < -0.3 is 9.30 Å². The van der Waals surface area contributed by atoms with Crippen molar-refractivity contribution in [3.05, 3.63) is 78.6 Å². The molecule has 0 atom stereocenters. The zero-order valence-corrected chi connectivity index (χ0v) is 14.9. The number of fused-ring (bicyclic) bond motifs is 1. The first-order valence-electron chi connectivity index (χ1n) is 8.36. The van der Waals surface area contributed by atoms with E-state index in [1.807, 2.05) is 66.9 Å². The fourth-order valence-corrected chi connectivity index (χ4v) is 3.42. The lowest BCUT2D eigenvalue weighted by Gasteiger charge is -2.08. The van der Waals surface area contributed by atoms with Gasteiger partial charge in [-0.3, -0.25) is 5.43 Å². The van der Waals surface area contributed by atoms with E-state index in [2.05, 4.69) is 26.1 Å². The predicted molar refractivity (Wildman–Crippen MR) is 107 cm³/mol. The fourth-order valence-electron chi connectivity index (χ4n) is 2.60. The summed E-state index contributed by atoms with van der Waals surface area (Å²) >= 11 is 1.59. The molecule has 0 saturated carbocycles. The van der Waals surface area contributed by atoms with Crippen molar-refractivity contribution in [3.8, 4) is 5.75 Å². The number of aromatic nitrogens is 2. The van der Waals surface area contributed by atoms with E-state index < -0.39 is 0 Å². The zero-order valence-electron chi connectivity index (χ0n) is 14.1. The number of hydrazone groups is 1. The molecule has 0 unspecified atom stereocenters. The number of anilines is 1. The molecule has 0 radical (unpaired) electrons. The highest BCUT2D eigenvalue weighted by atomic mass is 32.1. The Morgan fingerprint density at radius 3 is 2.77 bits per heavy atom. The number of thiazole rings is 1. The van der Waals surface area contributed by atoms with Crippen molar-refractivity contribution in [2.24, 2.45) is 5.10 Å². The molecule has 2 heterocycles. The number of hydrogen-bond acceptors (Lipinski definition) is 5. The minimum absolute atomic E-state index is 0.602. The topological polar surface area (TPSA) is 51.4 Å². The van der Waals surface area contributed by atoms with Gasteiger partial charge in [-0.05, 0) is 36.4 Å². The largest absolute Gasteiger partial charge is 0.492 e. The van der Waals surface area contributed by atoms with Gasteiger partial charge in [-0.2, -0.15) is 5.10 Å². The van der Waals surface area contributed by atoms with E-state index in [-0.39, 0.29) is 0 Å². The number of benzene rings is 2. The van der Waals surface area contributed by atoms with Crippen LogP contribution in [0.5, 0.6) is 5.75 Å². The molecular formula is C20H18N4OS. The highest BCUT2D eigenvalue weighted by Crippen LogP contribution is 2.25. The zero-order chi connectivity index (χ0) is 17.6. The predicted octanol–water partition coefficient (Wildman–Crippen LogP) is 4.62. The average Bonchev–Trinajstić information content (AvgIpc) is 3.29. The van der Waals surface area contributed by atoms with Gasteiger partial charge in [0.2, 0.25) is 5.13 Å². The Morgan fingerprint density at radius 1 is 1.04 bits per heavy atom. The number of rotatable bonds is 7. The summed E-state index contributed by atoms with van der Waals surface area (Å²) in [6.45, 7) is 1.36. The van der Waals surface area contributed by atoms with E-state index in [1.54, 1.807) is 17.6 Å². The smallest absolute Gasteiger partial charge is 0.204 e. The summed E-state index contributed by atoms with van der Waals surface area (Å²) < 4.78 is 9.00. The number of nitrogens with zero attached hydrogens (tertiary/aromatic N) is 3. The van der Waals surface area contributed by atoms with E-state index in [0.717, 1.165) is 33.3 Å². The summed E-state index contributed by atoms with van der Waals surface area (Å²) in [6.07, 6.45) is 3.82. The van der Waals surface area contributed by atoms with Crippen molar-refractivity contribution >= 4 is 32.9 Å². The molecule has 2 aromatic heterocycles. The summed E-state index contributed by atoms with van der Waals surface area (Å²) in [5, 5.41) is 5.10. The van der Waals surface area contributed by atoms with Crippen LogP contribution in [-0.4, -0.2) is 22.4 Å². The summed E-state index contributed by atoms with van der Waals surface area (Å²) in [7, 11) is 0. The number of nitrogens with one attached hydrogen (secondary N) is 1. The number of ether oxygens (including phenoxy) is 1. The summed E-state index contributed by atoms with van der Waals surface area (Å²) in [5.74, 6) is 0.882. The van der Waals surface area contributed by atoms with E-state index in [1.165, 1.54) is 0 Å². The van der Waals surface area contributed by atoms with Crippen molar-refractivity contribution in [3.63, 3.8) is 0 Å². The molecule has 130 valence electrons. The number of para-hydroxylation sites is 2. The first-order chi connectivity index (χ1) is 12.9. The van der Waals surface area contributed by atoms with Gasteiger partial charge in [-0.15, -0.1) is 0 Å². The Hall–Kier alpha value is -3.12. The Morgan fingerprint density at radius 2 is 1.88 bits per heavy atom. The van der Waals surface area contributed by atoms with E-state index in [0.29, 0.717) is 6.61 Å². The molecule has 0 spiro atoms. The lowest BCUT2D eigenvalue weighted by atomic mass is 10.3. The molecule has 5 nitrogen and oxygen atoms in total. The molecule has 0 bridgehead atoms. The molecular weight excluding hydrogens is 344 g/mol. The molecule has 1 N–H and O–H groups in total. The highest BCUT2D eigenvalue weighted by molar-refractivity contribution is 7.22. The van der Waals surface area contributed by atoms with Gasteiger partial charge in [-0.25, -0.2) is 4.98 Å². The Labute approximate surface area is 155 Å². The Balaban J connectivity index is 1.35. The van der Waals surface area contributed by atoms with E-state index in [4.69, 9.17) is 4.74 Å². The lowest BCUT2D eigenvalue weighted by Crippen LogP contribution is -2.10. The second kappa shape index (κ2) is 7.84. The van der Waals surface area contributed by atoms with Crippen LogP contribution in [0.4, 0.5) is 5.13 Å². The number of hydrogen-bond donors (Lipinski definition) is 1. The van der Waals surface area contributed by atoms with Crippen LogP contribution in [0.3, 0.4) is 0 Å². The summed E-state index contributed by atoms with van der Waals surface area (Å²) in [4.78, 5) is 4.50. The third kappa shape index (κ3) is 3.92. The monoisotopic (exact) mass is 362 g/mol. The molecule has 6 heteroatoms. The van der Waals surface area contributed by atoms with Crippen LogP contribution in [0.2, 0.25) is 0 Å². The van der Waals surface area contributed by atoms with Gasteiger partial charge in [-0.1, -0.05) is 41.7 Å². The highest BCUT2D eigenvalue weighted by Gasteiger charge is 2.02. The molecule has 26 heavy (non-hydrogen) atoms. The van der Waals surface area contributed by atoms with Crippen molar-refractivity contribution in [1.82, 2.24) is 9.55 Å². The molecule has 0 fully saturated rings. The second-order valence-corrected chi connectivity index (χ2v) is 6.68. The average molecular weight is 362 g/mol. The van der Waals surface area contributed by atoms with E-state index in [9.17, 15) is 0 Å². The minimum Gasteiger partial charge on any atom is -0.492 e. The molecule has 4 aromatic rings. The molecule has 0 amide bonds. The van der Waals surface area contributed by atoms with Crippen LogP contribution in [0.1, 0.15) is 5.69 Å². The third-order valence-corrected chi connectivity index (χ3v) is 4.80. The van der Waals surface area contributed by atoms with Crippen LogP contribution in [0, 0.1) is 0 Å². The third-order valence-electron chi connectivity index (χ3n) is 3.86. The van der Waals surface area contributed by atoms with Gasteiger partial charge >= 0.3 is 0 Å². The van der Waals surface area contributed by atoms with Crippen molar-refractivity contribution in [2.75, 3.05) is 12.0 Å². The quantitative estimate of drug-likeness (QED) is 0.385. The molecule has 0 aliphatic carbocycles. The summed E-state index contributed by atoms with van der Waals surface area (Å²) in [6, 6.07) is 21.9. The molecule has 4 rings (SSSR count). The minimum atomic E-state index is 0.602. The maximum Gasteiger partial charge on any atom is 0.204 e. The Kier molecular flexibility index (Phi) is 4.93. The second-order valence-electron chi connectivity index (χ2n) is 5.64. The Bertz CT molecular complexity index is 974. The lowest BCUT2D eigenvalue weighted by molar-refractivity contribution is 0.298. The van der Waals surface area contributed by atoms with Crippen molar-refractivity contribution in [1.29, 1.82) is 0 Å². The molecule has 0 saturated heterocycles. The molecule has 0 aliphatic heterocycles. The van der Waals surface area contributed by atoms with Crippen LogP contribution in [0.25, 0.3) is 10.2 Å². The van der Waals surface area contributed by atoms with E-state index >= 15 is 0 Å². The maximum atomic E-state index is 5.75. The summed E-state index contributed by atoms with van der Waals surface area (Å²) in [5.41, 5.74) is 5.01. The first-order valence-corrected chi connectivity index (χ1v) is 9.18. The standard InChI is InChI=1S/C20H18N4OS/c1-2-8-17(9-3-1)25-14-13-24-12-6-7-16(24)15-21-23-20-22-18-10-4-5-11-19(18)26-20/h1-12,15H,13-14H2,(H,22,23)/b21-15-. The maximum absolute atomic E-state index is 5.75. The van der Waals surface area contributed by atoms with Gasteiger partial charge in [0.15, 0.2) is 0 Å². The normalized spacial score (nSPS) is 11.2. The van der Waals surface area contributed by atoms with Gasteiger partial charge in [0, 0.05) is 6.20 Å². The van der Waals surface area contributed by atoms with Gasteiger partial charge in [0.25, 0.3) is 0 Å². The van der Waals surface area contributed by atoms with Crippen LogP contribution >= 0.6 is 11.3 Å². The molecule has 0 aliphatic rings. The van der Waals surface area contributed by atoms with Crippen molar-refractivity contribution < 1.29 is 4.74 Å². The van der Waals surface area contributed by atoms with Crippen LogP contribution in [-0.2, 0) is 6.54 Å². The van der Waals surface area contributed by atoms with Gasteiger partial charge in [0.1, 0.15) is 12.4 Å². The van der Waals surface area contributed by atoms with Crippen LogP contribution in [0.15, 0.2) is 78.0 Å². The SMILES string of the molecule is C(=N/Nc1nc2ccccc2s1)/c1cccn1CCOc1ccccc1. The van der Waals surface area contributed by atoms with Crippen molar-refractivity contribution in [2.45, 2.75) is 6.54 Å². The first kappa shape index (κ1) is 16.4. The van der Waals surface area contributed by atoms with Crippen LogP contribution < -0.4 is 10.2 Å². The van der Waals surface area contributed by atoms with Gasteiger partial charge in [0.05, 0.1) is 28.7 Å². The fraction of sp³-hybridized carbons (Fsp3) is 0.100.